The average Bonchev–Trinajstić information content (AvgIpc) is 3.36. The molecule has 4 amide bonds. The maximum absolute atomic E-state index is 13.2. The molecular formula is C23H22FN5O3. The van der Waals surface area contributed by atoms with Crippen molar-refractivity contribution < 1.29 is 18.8 Å². The summed E-state index contributed by atoms with van der Waals surface area (Å²) < 4.78 is 15.2. The number of nitrogens with one attached hydrogen (secondary N) is 2. The number of amides is 4. The van der Waals surface area contributed by atoms with Gasteiger partial charge in [-0.1, -0.05) is 36.4 Å². The number of imidazole rings is 1. The van der Waals surface area contributed by atoms with Gasteiger partial charge < -0.3 is 15.2 Å². The molecule has 0 aliphatic carbocycles. The SMILES string of the molecule is CC1(c2ccc(F)cc2)NC(=O)N(CC(=O)NCc2ccc(Cn3ccnc3)cc2)C1=O. The van der Waals surface area contributed by atoms with E-state index in [1.165, 1.54) is 31.2 Å². The van der Waals surface area contributed by atoms with Crippen molar-refractivity contribution in [1.82, 2.24) is 25.1 Å². The Balaban J connectivity index is 1.33. The largest absolute Gasteiger partial charge is 0.350 e. The highest BCUT2D eigenvalue weighted by Crippen LogP contribution is 2.28. The van der Waals surface area contributed by atoms with Gasteiger partial charge in [0.1, 0.15) is 17.9 Å². The molecular weight excluding hydrogens is 413 g/mol. The van der Waals surface area contributed by atoms with Gasteiger partial charge in [0.05, 0.1) is 6.33 Å². The Kier molecular flexibility index (Phi) is 5.72. The number of aromatic nitrogens is 2. The van der Waals surface area contributed by atoms with E-state index in [1.54, 1.807) is 12.5 Å². The molecule has 32 heavy (non-hydrogen) atoms. The van der Waals surface area contributed by atoms with Crippen molar-refractivity contribution in [2.75, 3.05) is 6.54 Å². The summed E-state index contributed by atoms with van der Waals surface area (Å²) in [5.74, 6) is -1.47. The Labute approximate surface area is 184 Å². The molecule has 2 N–H and O–H groups in total. The van der Waals surface area contributed by atoms with Gasteiger partial charge in [0, 0.05) is 25.5 Å². The quantitative estimate of drug-likeness (QED) is 0.556. The van der Waals surface area contributed by atoms with Crippen LogP contribution in [0.4, 0.5) is 9.18 Å². The van der Waals surface area contributed by atoms with Crippen molar-refractivity contribution in [3.8, 4) is 0 Å². The van der Waals surface area contributed by atoms with Crippen LogP contribution >= 0.6 is 0 Å². The van der Waals surface area contributed by atoms with Crippen LogP contribution in [-0.2, 0) is 28.2 Å². The number of hydrogen-bond donors (Lipinski definition) is 2. The molecule has 0 bridgehead atoms. The molecule has 0 radical (unpaired) electrons. The van der Waals surface area contributed by atoms with E-state index in [0.29, 0.717) is 12.1 Å². The first-order valence-electron chi connectivity index (χ1n) is 10.1. The zero-order chi connectivity index (χ0) is 22.7. The molecule has 1 atom stereocenters. The fraction of sp³-hybridized carbons (Fsp3) is 0.217. The minimum Gasteiger partial charge on any atom is -0.350 e. The van der Waals surface area contributed by atoms with Crippen LogP contribution in [0.5, 0.6) is 0 Å². The molecule has 0 saturated carbocycles. The van der Waals surface area contributed by atoms with E-state index in [9.17, 15) is 18.8 Å². The third-order valence-electron chi connectivity index (χ3n) is 5.44. The third kappa shape index (κ3) is 4.36. The molecule has 9 heteroatoms. The minimum atomic E-state index is -1.35. The Morgan fingerprint density at radius 2 is 1.78 bits per heavy atom. The fourth-order valence-electron chi connectivity index (χ4n) is 3.57. The second kappa shape index (κ2) is 8.62. The Morgan fingerprint density at radius 1 is 1.09 bits per heavy atom. The number of carbonyl (C=O) groups excluding carboxylic acids is 3. The smallest absolute Gasteiger partial charge is 0.325 e. The molecule has 3 aromatic rings. The summed E-state index contributed by atoms with van der Waals surface area (Å²) in [7, 11) is 0. The number of benzene rings is 2. The predicted octanol–water partition coefficient (Wildman–Crippen LogP) is 2.15. The fourth-order valence-corrected chi connectivity index (χ4v) is 3.57. The molecule has 1 aliphatic rings. The molecule has 0 spiro atoms. The van der Waals surface area contributed by atoms with Crippen molar-refractivity contribution in [1.29, 1.82) is 0 Å². The summed E-state index contributed by atoms with van der Waals surface area (Å²) in [5.41, 5.74) is 1.07. The van der Waals surface area contributed by atoms with E-state index in [0.717, 1.165) is 16.0 Å². The lowest BCUT2D eigenvalue weighted by molar-refractivity contribution is -0.134. The monoisotopic (exact) mass is 435 g/mol. The zero-order valence-electron chi connectivity index (χ0n) is 17.4. The Morgan fingerprint density at radius 3 is 2.44 bits per heavy atom. The summed E-state index contributed by atoms with van der Waals surface area (Å²) >= 11 is 0. The van der Waals surface area contributed by atoms with Crippen LogP contribution in [0.3, 0.4) is 0 Å². The molecule has 1 fully saturated rings. The topological polar surface area (TPSA) is 96.3 Å². The van der Waals surface area contributed by atoms with Crippen molar-refractivity contribution in [3.63, 3.8) is 0 Å². The number of hydrogen-bond acceptors (Lipinski definition) is 4. The maximum Gasteiger partial charge on any atom is 0.325 e. The normalized spacial score (nSPS) is 18.0. The van der Waals surface area contributed by atoms with Crippen molar-refractivity contribution in [2.45, 2.75) is 25.6 Å². The van der Waals surface area contributed by atoms with Gasteiger partial charge in [-0.15, -0.1) is 0 Å². The molecule has 4 rings (SSSR count). The van der Waals surface area contributed by atoms with E-state index in [-0.39, 0.29) is 6.54 Å². The highest BCUT2D eigenvalue weighted by Gasteiger charge is 2.49. The summed E-state index contributed by atoms with van der Waals surface area (Å²) in [6, 6.07) is 12.4. The van der Waals surface area contributed by atoms with Crippen LogP contribution in [0.1, 0.15) is 23.6 Å². The lowest BCUT2D eigenvalue weighted by atomic mass is 9.92. The van der Waals surface area contributed by atoms with Gasteiger partial charge in [-0.25, -0.2) is 14.2 Å². The first-order valence-corrected chi connectivity index (χ1v) is 10.1. The van der Waals surface area contributed by atoms with E-state index in [4.69, 9.17) is 0 Å². The highest BCUT2D eigenvalue weighted by atomic mass is 19.1. The van der Waals surface area contributed by atoms with Gasteiger partial charge in [-0.3, -0.25) is 14.5 Å². The van der Waals surface area contributed by atoms with Crippen molar-refractivity contribution in [3.05, 3.63) is 89.8 Å². The molecule has 1 unspecified atom stereocenters. The van der Waals surface area contributed by atoms with E-state index < -0.39 is 35.7 Å². The van der Waals surface area contributed by atoms with Crippen LogP contribution in [-0.4, -0.2) is 38.8 Å². The number of urea groups is 1. The molecule has 2 aromatic carbocycles. The third-order valence-corrected chi connectivity index (χ3v) is 5.44. The van der Waals surface area contributed by atoms with Gasteiger partial charge in [0.2, 0.25) is 5.91 Å². The number of carbonyl (C=O) groups is 3. The number of rotatable bonds is 7. The second-order valence-corrected chi connectivity index (χ2v) is 7.78. The molecule has 2 heterocycles. The molecule has 1 aliphatic heterocycles. The summed E-state index contributed by atoms with van der Waals surface area (Å²) in [6.45, 7) is 2.10. The minimum absolute atomic E-state index is 0.267. The molecule has 1 aromatic heterocycles. The average molecular weight is 435 g/mol. The summed E-state index contributed by atoms with van der Waals surface area (Å²) in [4.78, 5) is 42.5. The van der Waals surface area contributed by atoms with Gasteiger partial charge in [-0.05, 0) is 35.7 Å². The first-order chi connectivity index (χ1) is 15.3. The first kappa shape index (κ1) is 21.2. The van der Waals surface area contributed by atoms with Crippen LogP contribution < -0.4 is 10.6 Å². The van der Waals surface area contributed by atoms with Crippen LogP contribution in [0.2, 0.25) is 0 Å². The number of nitrogens with zero attached hydrogens (tertiary/aromatic N) is 3. The number of halogens is 1. The predicted molar refractivity (Wildman–Crippen MR) is 114 cm³/mol. The molecule has 1 saturated heterocycles. The van der Waals surface area contributed by atoms with Crippen LogP contribution in [0, 0.1) is 5.82 Å². The highest BCUT2D eigenvalue weighted by molar-refractivity contribution is 6.09. The second-order valence-electron chi connectivity index (χ2n) is 7.78. The summed E-state index contributed by atoms with van der Waals surface area (Å²) in [5, 5.41) is 5.33. The van der Waals surface area contributed by atoms with Gasteiger partial charge in [-0.2, -0.15) is 0 Å². The van der Waals surface area contributed by atoms with Crippen LogP contribution in [0.15, 0.2) is 67.3 Å². The van der Waals surface area contributed by atoms with E-state index in [1.807, 2.05) is 35.0 Å². The molecule has 164 valence electrons. The lowest BCUT2D eigenvalue weighted by Gasteiger charge is -2.22. The lowest BCUT2D eigenvalue weighted by Crippen LogP contribution is -2.43. The van der Waals surface area contributed by atoms with E-state index >= 15 is 0 Å². The van der Waals surface area contributed by atoms with Crippen molar-refractivity contribution in [2.24, 2.45) is 0 Å². The zero-order valence-corrected chi connectivity index (χ0v) is 17.4. The Hall–Kier alpha value is -4.01. The van der Waals surface area contributed by atoms with Gasteiger partial charge in [0.25, 0.3) is 5.91 Å². The van der Waals surface area contributed by atoms with Crippen LogP contribution in [0.25, 0.3) is 0 Å². The standard InChI is InChI=1S/C23H22FN5O3/c1-23(18-6-8-19(24)9-7-18)21(31)29(22(32)27-23)14-20(30)26-12-16-2-4-17(5-3-16)13-28-11-10-25-15-28/h2-11,15H,12-14H2,1H3,(H,26,30)(H,27,32). The molecule has 8 nitrogen and oxygen atoms in total. The van der Waals surface area contributed by atoms with E-state index in [2.05, 4.69) is 15.6 Å². The van der Waals surface area contributed by atoms with Gasteiger partial charge >= 0.3 is 6.03 Å². The maximum atomic E-state index is 13.2. The number of imide groups is 1. The van der Waals surface area contributed by atoms with Crippen molar-refractivity contribution >= 4 is 17.8 Å². The van der Waals surface area contributed by atoms with Gasteiger partial charge in [0.15, 0.2) is 0 Å². The summed E-state index contributed by atoms with van der Waals surface area (Å²) in [6.07, 6.45) is 5.34. The Bertz CT molecular complexity index is 1130.